The van der Waals surface area contributed by atoms with Crippen LogP contribution in [0, 0.1) is 6.92 Å². The van der Waals surface area contributed by atoms with Crippen LogP contribution in [-0.2, 0) is 18.3 Å². The van der Waals surface area contributed by atoms with Crippen molar-refractivity contribution in [3.63, 3.8) is 0 Å². The minimum Gasteiger partial charge on any atom is -0.441 e. The van der Waals surface area contributed by atoms with Gasteiger partial charge in [-0.1, -0.05) is 0 Å². The van der Waals surface area contributed by atoms with Crippen LogP contribution in [-0.4, -0.2) is 46.0 Å². The third-order valence-electron chi connectivity index (χ3n) is 4.25. The number of piperidine rings is 1. The van der Waals surface area contributed by atoms with Gasteiger partial charge in [-0.2, -0.15) is 5.10 Å². The van der Waals surface area contributed by atoms with Crippen LogP contribution in [0.15, 0.2) is 6.20 Å². The molecule has 2 fully saturated rings. The molecule has 1 aromatic heterocycles. The Morgan fingerprint density at radius 2 is 2.15 bits per heavy atom. The lowest BCUT2D eigenvalue weighted by Crippen LogP contribution is -2.44. The fourth-order valence-corrected chi connectivity index (χ4v) is 2.86. The van der Waals surface area contributed by atoms with Crippen LogP contribution in [0.1, 0.15) is 24.1 Å². The third kappa shape index (κ3) is 2.62. The van der Waals surface area contributed by atoms with E-state index in [9.17, 15) is 4.79 Å². The quantitative estimate of drug-likeness (QED) is 0.892. The van der Waals surface area contributed by atoms with Crippen LogP contribution >= 0.6 is 12.4 Å². The molecule has 1 amide bonds. The van der Waals surface area contributed by atoms with E-state index < -0.39 is 0 Å². The molecule has 6 nitrogen and oxygen atoms in total. The Kier molecular flexibility index (Phi) is 4.25. The van der Waals surface area contributed by atoms with E-state index in [2.05, 4.69) is 10.4 Å². The van der Waals surface area contributed by atoms with E-state index in [1.807, 2.05) is 24.9 Å². The highest BCUT2D eigenvalue weighted by atomic mass is 35.5. The second-order valence-electron chi connectivity index (χ2n) is 5.54. The Labute approximate surface area is 124 Å². The van der Waals surface area contributed by atoms with E-state index in [1.54, 1.807) is 4.90 Å². The highest BCUT2D eigenvalue weighted by molar-refractivity contribution is 5.85. The molecule has 2 aliphatic heterocycles. The molecular weight excluding hydrogens is 280 g/mol. The van der Waals surface area contributed by atoms with Gasteiger partial charge in [0.15, 0.2) is 0 Å². The maximum Gasteiger partial charge on any atom is 0.410 e. The summed E-state index contributed by atoms with van der Waals surface area (Å²) < 4.78 is 7.47. The monoisotopic (exact) mass is 300 g/mol. The zero-order chi connectivity index (χ0) is 13.5. The van der Waals surface area contributed by atoms with Gasteiger partial charge >= 0.3 is 6.09 Å². The van der Waals surface area contributed by atoms with Crippen molar-refractivity contribution in [3.8, 4) is 0 Å². The molecule has 2 saturated heterocycles. The molecule has 1 spiro atoms. The molecule has 3 heterocycles. The van der Waals surface area contributed by atoms with Crippen molar-refractivity contribution in [2.75, 3.05) is 19.6 Å². The second-order valence-corrected chi connectivity index (χ2v) is 5.54. The number of hydrogen-bond acceptors (Lipinski definition) is 4. The van der Waals surface area contributed by atoms with E-state index in [4.69, 9.17) is 4.74 Å². The summed E-state index contributed by atoms with van der Waals surface area (Å²) in [5.41, 5.74) is 1.92. The summed E-state index contributed by atoms with van der Waals surface area (Å²) in [6.45, 7) is 5.15. The van der Waals surface area contributed by atoms with Gasteiger partial charge in [-0.3, -0.25) is 9.58 Å². The molecule has 3 rings (SSSR count). The molecule has 1 aromatic rings. The van der Waals surface area contributed by atoms with E-state index in [-0.39, 0.29) is 24.1 Å². The maximum atomic E-state index is 12.0. The van der Waals surface area contributed by atoms with Gasteiger partial charge in [-0.05, 0) is 20.0 Å². The van der Waals surface area contributed by atoms with Crippen molar-refractivity contribution in [1.29, 1.82) is 0 Å². The van der Waals surface area contributed by atoms with E-state index in [0.29, 0.717) is 13.1 Å². The Morgan fingerprint density at radius 1 is 1.45 bits per heavy atom. The van der Waals surface area contributed by atoms with Gasteiger partial charge in [0.1, 0.15) is 5.60 Å². The first-order chi connectivity index (χ1) is 9.10. The van der Waals surface area contributed by atoms with E-state index in [1.165, 1.54) is 0 Å². The second kappa shape index (κ2) is 5.61. The maximum absolute atomic E-state index is 12.0. The zero-order valence-corrected chi connectivity index (χ0v) is 12.7. The van der Waals surface area contributed by atoms with Crippen LogP contribution in [0.3, 0.4) is 0 Å². The fourth-order valence-electron chi connectivity index (χ4n) is 2.86. The minimum absolute atomic E-state index is 0. The summed E-state index contributed by atoms with van der Waals surface area (Å²) in [5.74, 6) is 0. The molecule has 0 atom stereocenters. The SMILES string of the molecule is Cc1c(CN2CC3(CCNCC3)OC2=O)cnn1C.Cl. The number of aryl methyl sites for hydroxylation is 1. The number of carbonyl (C=O) groups is 1. The Morgan fingerprint density at radius 3 is 2.75 bits per heavy atom. The van der Waals surface area contributed by atoms with Crippen molar-refractivity contribution in [1.82, 2.24) is 20.0 Å². The number of nitrogens with zero attached hydrogens (tertiary/aromatic N) is 3. The summed E-state index contributed by atoms with van der Waals surface area (Å²) in [7, 11) is 1.91. The molecule has 0 bridgehead atoms. The molecule has 0 aliphatic carbocycles. The van der Waals surface area contributed by atoms with Crippen LogP contribution in [0.4, 0.5) is 4.79 Å². The zero-order valence-electron chi connectivity index (χ0n) is 11.9. The molecule has 0 unspecified atom stereocenters. The molecular formula is C13H21ClN4O2. The summed E-state index contributed by atoms with van der Waals surface area (Å²) in [5, 5.41) is 7.52. The minimum atomic E-state index is -0.265. The van der Waals surface area contributed by atoms with E-state index in [0.717, 1.165) is 37.2 Å². The average Bonchev–Trinajstić information content (AvgIpc) is 2.86. The number of carbonyl (C=O) groups excluding carboxylic acids is 1. The average molecular weight is 301 g/mol. The number of rotatable bonds is 2. The van der Waals surface area contributed by atoms with Gasteiger partial charge in [-0.25, -0.2) is 4.79 Å². The van der Waals surface area contributed by atoms with Gasteiger partial charge in [0.25, 0.3) is 0 Å². The van der Waals surface area contributed by atoms with Gasteiger partial charge < -0.3 is 10.1 Å². The molecule has 1 N–H and O–H groups in total. The lowest BCUT2D eigenvalue weighted by molar-refractivity contribution is 0.0316. The first-order valence-electron chi connectivity index (χ1n) is 6.76. The number of amides is 1. The smallest absolute Gasteiger partial charge is 0.410 e. The lowest BCUT2D eigenvalue weighted by Gasteiger charge is -2.31. The molecule has 2 aliphatic rings. The number of aromatic nitrogens is 2. The largest absolute Gasteiger partial charge is 0.441 e. The predicted molar refractivity (Wildman–Crippen MR) is 76.9 cm³/mol. The number of nitrogens with one attached hydrogen (secondary N) is 1. The first-order valence-corrected chi connectivity index (χ1v) is 6.76. The first kappa shape index (κ1) is 15.1. The van der Waals surface area contributed by atoms with Crippen LogP contribution < -0.4 is 5.32 Å². The number of ether oxygens (including phenoxy) is 1. The standard InChI is InChI=1S/C13H20N4O2.ClH/c1-10-11(7-15-16(10)2)8-17-9-13(19-12(17)18)3-5-14-6-4-13;/h7,14H,3-6,8-9H2,1-2H3;1H. The summed E-state index contributed by atoms with van der Waals surface area (Å²) in [6, 6.07) is 0. The fraction of sp³-hybridized carbons (Fsp3) is 0.692. The van der Waals surface area contributed by atoms with Crippen molar-refractivity contribution in [3.05, 3.63) is 17.5 Å². The summed E-state index contributed by atoms with van der Waals surface area (Å²) in [6.07, 6.45) is 3.45. The molecule has 112 valence electrons. The number of hydrogen-bond donors (Lipinski definition) is 1. The highest BCUT2D eigenvalue weighted by Crippen LogP contribution is 2.32. The van der Waals surface area contributed by atoms with Gasteiger partial charge in [0, 0.05) is 31.1 Å². The van der Waals surface area contributed by atoms with Crippen LogP contribution in [0.25, 0.3) is 0 Å². The Balaban J connectivity index is 0.00000147. The number of halogens is 1. The third-order valence-corrected chi connectivity index (χ3v) is 4.25. The van der Waals surface area contributed by atoms with Crippen molar-refractivity contribution in [2.45, 2.75) is 31.9 Å². The normalized spacial score (nSPS) is 20.9. The summed E-state index contributed by atoms with van der Waals surface area (Å²) >= 11 is 0. The van der Waals surface area contributed by atoms with Gasteiger partial charge in [-0.15, -0.1) is 12.4 Å². The van der Waals surface area contributed by atoms with Crippen molar-refractivity contribution < 1.29 is 9.53 Å². The highest BCUT2D eigenvalue weighted by Gasteiger charge is 2.45. The van der Waals surface area contributed by atoms with Crippen LogP contribution in [0.2, 0.25) is 0 Å². The molecule has 20 heavy (non-hydrogen) atoms. The van der Waals surface area contributed by atoms with Crippen molar-refractivity contribution >= 4 is 18.5 Å². The Bertz CT molecular complexity index is 497. The molecule has 0 radical (unpaired) electrons. The lowest BCUT2D eigenvalue weighted by atomic mass is 9.92. The van der Waals surface area contributed by atoms with Gasteiger partial charge in [0.05, 0.1) is 19.3 Å². The molecule has 0 saturated carbocycles. The van der Waals surface area contributed by atoms with E-state index >= 15 is 0 Å². The predicted octanol–water partition coefficient (Wildman–Crippen LogP) is 1.22. The summed E-state index contributed by atoms with van der Waals surface area (Å²) in [4.78, 5) is 13.8. The topological polar surface area (TPSA) is 59.4 Å². The van der Waals surface area contributed by atoms with Gasteiger partial charge in [0.2, 0.25) is 0 Å². The molecule has 7 heteroatoms. The van der Waals surface area contributed by atoms with Crippen molar-refractivity contribution in [2.24, 2.45) is 7.05 Å². The van der Waals surface area contributed by atoms with Crippen LogP contribution in [0.5, 0.6) is 0 Å². The Hall–Kier alpha value is -1.27. The molecule has 0 aromatic carbocycles.